The Morgan fingerprint density at radius 2 is 1.88 bits per heavy atom. The van der Waals surface area contributed by atoms with Crippen LogP contribution in [0.4, 0.5) is 13.2 Å². The van der Waals surface area contributed by atoms with Crippen LogP contribution in [0.25, 0.3) is 0 Å². The summed E-state index contributed by atoms with van der Waals surface area (Å²) in [6, 6.07) is 0. The number of rotatable bonds is 5. The van der Waals surface area contributed by atoms with E-state index in [4.69, 9.17) is 5.73 Å². The summed E-state index contributed by atoms with van der Waals surface area (Å²) < 4.78 is 38.3. The van der Waals surface area contributed by atoms with Crippen molar-refractivity contribution in [2.45, 2.75) is 45.8 Å². The van der Waals surface area contributed by atoms with Gasteiger partial charge in [-0.25, -0.2) is 0 Å². The molecule has 3 nitrogen and oxygen atoms in total. The fraction of sp³-hybridized carbons (Fsp3) is 0.727. The smallest absolute Gasteiger partial charge is 0.330 e. The quantitative estimate of drug-likeness (QED) is 0.868. The normalized spacial score (nSPS) is 12.1. The standard InChI is InChI=1S/C11H18F3N3/c1-3-9-8(5-6-15)10(4-2)17(16-9)7-11(12,13)14/h3-7,15H2,1-2H3. The van der Waals surface area contributed by atoms with Gasteiger partial charge in [-0.1, -0.05) is 13.8 Å². The van der Waals surface area contributed by atoms with E-state index in [1.54, 1.807) is 0 Å². The van der Waals surface area contributed by atoms with E-state index < -0.39 is 12.7 Å². The summed E-state index contributed by atoms with van der Waals surface area (Å²) in [5.41, 5.74) is 7.77. The fourth-order valence-electron chi connectivity index (χ4n) is 2.00. The van der Waals surface area contributed by atoms with Crippen molar-refractivity contribution in [3.05, 3.63) is 17.0 Å². The summed E-state index contributed by atoms with van der Waals surface area (Å²) in [6.07, 6.45) is -2.48. The third-order valence-corrected chi connectivity index (χ3v) is 2.64. The summed E-state index contributed by atoms with van der Waals surface area (Å²) in [4.78, 5) is 0. The summed E-state index contributed by atoms with van der Waals surface area (Å²) >= 11 is 0. The lowest BCUT2D eigenvalue weighted by Gasteiger charge is -2.10. The predicted octanol–water partition coefficient (Wildman–Crippen LogP) is 2.07. The van der Waals surface area contributed by atoms with Gasteiger partial charge in [0.2, 0.25) is 0 Å². The Bertz CT molecular complexity index is 369. The van der Waals surface area contributed by atoms with E-state index in [1.807, 2.05) is 13.8 Å². The van der Waals surface area contributed by atoms with E-state index in [2.05, 4.69) is 5.10 Å². The minimum absolute atomic E-state index is 0.428. The third kappa shape index (κ3) is 3.46. The minimum atomic E-state index is -4.24. The van der Waals surface area contributed by atoms with Crippen LogP contribution in [0.2, 0.25) is 0 Å². The molecule has 6 heteroatoms. The summed E-state index contributed by atoms with van der Waals surface area (Å²) in [5, 5.41) is 4.04. The van der Waals surface area contributed by atoms with Crippen molar-refractivity contribution in [1.29, 1.82) is 0 Å². The molecule has 1 heterocycles. The lowest BCUT2D eigenvalue weighted by atomic mass is 10.1. The van der Waals surface area contributed by atoms with Gasteiger partial charge in [0, 0.05) is 5.69 Å². The van der Waals surface area contributed by atoms with Crippen LogP contribution in [-0.2, 0) is 25.8 Å². The van der Waals surface area contributed by atoms with E-state index in [-0.39, 0.29) is 0 Å². The molecule has 0 aliphatic carbocycles. The SMILES string of the molecule is CCc1nn(CC(F)(F)F)c(CC)c1CCN. The Balaban J connectivity index is 3.12. The van der Waals surface area contributed by atoms with Crippen LogP contribution in [-0.4, -0.2) is 22.5 Å². The van der Waals surface area contributed by atoms with Gasteiger partial charge < -0.3 is 5.73 Å². The van der Waals surface area contributed by atoms with Crippen LogP contribution in [0, 0.1) is 0 Å². The average molecular weight is 249 g/mol. The number of halogens is 3. The second kappa shape index (κ2) is 5.53. The summed E-state index contributed by atoms with van der Waals surface area (Å²) in [7, 11) is 0. The van der Waals surface area contributed by atoms with Gasteiger partial charge in [-0.3, -0.25) is 4.68 Å². The molecule has 0 fully saturated rings. The van der Waals surface area contributed by atoms with Gasteiger partial charge in [-0.15, -0.1) is 0 Å². The van der Waals surface area contributed by atoms with E-state index in [0.29, 0.717) is 31.5 Å². The number of alkyl halides is 3. The largest absolute Gasteiger partial charge is 0.408 e. The lowest BCUT2D eigenvalue weighted by Crippen LogP contribution is -2.20. The molecule has 0 saturated carbocycles. The number of hydrogen-bond donors (Lipinski definition) is 1. The zero-order valence-corrected chi connectivity index (χ0v) is 10.1. The van der Waals surface area contributed by atoms with E-state index in [1.165, 1.54) is 0 Å². The first kappa shape index (κ1) is 14.0. The number of hydrogen-bond acceptors (Lipinski definition) is 2. The first-order valence-electron chi connectivity index (χ1n) is 5.77. The number of nitrogens with zero attached hydrogens (tertiary/aromatic N) is 2. The molecular formula is C11H18F3N3. The predicted molar refractivity (Wildman–Crippen MR) is 59.8 cm³/mol. The van der Waals surface area contributed by atoms with Crippen molar-refractivity contribution in [3.63, 3.8) is 0 Å². The van der Waals surface area contributed by atoms with Crippen LogP contribution < -0.4 is 5.73 Å². The maximum absolute atomic E-state index is 12.4. The van der Waals surface area contributed by atoms with Gasteiger partial charge >= 0.3 is 6.18 Å². The Morgan fingerprint density at radius 1 is 1.24 bits per heavy atom. The van der Waals surface area contributed by atoms with Gasteiger partial charge in [-0.2, -0.15) is 18.3 Å². The maximum atomic E-state index is 12.4. The zero-order chi connectivity index (χ0) is 13.1. The maximum Gasteiger partial charge on any atom is 0.408 e. The molecule has 1 aromatic heterocycles. The first-order valence-corrected chi connectivity index (χ1v) is 5.77. The molecule has 0 atom stereocenters. The van der Waals surface area contributed by atoms with Crippen molar-refractivity contribution in [2.24, 2.45) is 5.73 Å². The Kier molecular flexibility index (Phi) is 4.56. The van der Waals surface area contributed by atoms with Crippen LogP contribution in [0.15, 0.2) is 0 Å². The molecule has 0 aliphatic rings. The number of aromatic nitrogens is 2. The molecule has 1 aromatic rings. The molecule has 1 rings (SSSR count). The van der Waals surface area contributed by atoms with Gasteiger partial charge in [-0.05, 0) is 31.4 Å². The minimum Gasteiger partial charge on any atom is -0.330 e. The molecule has 17 heavy (non-hydrogen) atoms. The second-order valence-electron chi connectivity index (χ2n) is 3.89. The van der Waals surface area contributed by atoms with Crippen LogP contribution in [0.5, 0.6) is 0 Å². The Morgan fingerprint density at radius 3 is 2.29 bits per heavy atom. The molecule has 0 aliphatic heterocycles. The number of nitrogens with two attached hydrogens (primary N) is 1. The van der Waals surface area contributed by atoms with Crippen molar-refractivity contribution in [1.82, 2.24) is 9.78 Å². The molecular weight excluding hydrogens is 231 g/mol. The molecule has 0 spiro atoms. The summed E-state index contributed by atoms with van der Waals surface area (Å²) in [6.45, 7) is 3.13. The van der Waals surface area contributed by atoms with E-state index >= 15 is 0 Å². The highest BCUT2D eigenvalue weighted by molar-refractivity contribution is 5.27. The molecule has 0 bridgehead atoms. The first-order chi connectivity index (χ1) is 7.92. The number of aryl methyl sites for hydroxylation is 1. The molecule has 0 radical (unpaired) electrons. The van der Waals surface area contributed by atoms with Gasteiger partial charge in [0.25, 0.3) is 0 Å². The van der Waals surface area contributed by atoms with Crippen molar-refractivity contribution < 1.29 is 13.2 Å². The zero-order valence-electron chi connectivity index (χ0n) is 10.1. The molecule has 0 saturated heterocycles. The second-order valence-corrected chi connectivity index (χ2v) is 3.89. The fourth-order valence-corrected chi connectivity index (χ4v) is 2.00. The monoisotopic (exact) mass is 249 g/mol. The third-order valence-electron chi connectivity index (χ3n) is 2.64. The average Bonchev–Trinajstić information content (AvgIpc) is 2.53. The highest BCUT2D eigenvalue weighted by Crippen LogP contribution is 2.22. The Hall–Kier alpha value is -1.04. The molecule has 98 valence electrons. The highest BCUT2D eigenvalue weighted by atomic mass is 19.4. The van der Waals surface area contributed by atoms with Gasteiger partial charge in [0.05, 0.1) is 5.69 Å². The molecule has 0 aromatic carbocycles. The van der Waals surface area contributed by atoms with Crippen LogP contribution in [0.3, 0.4) is 0 Å². The van der Waals surface area contributed by atoms with E-state index in [0.717, 1.165) is 15.9 Å². The topological polar surface area (TPSA) is 43.8 Å². The van der Waals surface area contributed by atoms with Crippen LogP contribution in [0.1, 0.15) is 30.8 Å². The highest BCUT2D eigenvalue weighted by Gasteiger charge is 2.30. The van der Waals surface area contributed by atoms with Gasteiger partial charge in [0.15, 0.2) is 0 Å². The molecule has 0 amide bonds. The van der Waals surface area contributed by atoms with Crippen molar-refractivity contribution in [2.75, 3.05) is 6.54 Å². The molecule has 2 N–H and O–H groups in total. The molecule has 0 unspecified atom stereocenters. The lowest BCUT2D eigenvalue weighted by molar-refractivity contribution is -0.143. The van der Waals surface area contributed by atoms with E-state index in [9.17, 15) is 13.2 Å². The van der Waals surface area contributed by atoms with Crippen molar-refractivity contribution >= 4 is 0 Å². The van der Waals surface area contributed by atoms with Gasteiger partial charge in [0.1, 0.15) is 6.54 Å². The summed E-state index contributed by atoms with van der Waals surface area (Å²) in [5.74, 6) is 0. The van der Waals surface area contributed by atoms with Crippen LogP contribution >= 0.6 is 0 Å². The van der Waals surface area contributed by atoms with Crippen molar-refractivity contribution in [3.8, 4) is 0 Å². The Labute approximate surface area is 98.8 Å².